The smallest absolute Gasteiger partial charge is 0.259 e. The summed E-state index contributed by atoms with van der Waals surface area (Å²) in [4.78, 5) is 13.0. The Morgan fingerprint density at radius 2 is 1.80 bits per heavy atom. The molecule has 2 aromatic carbocycles. The largest absolute Gasteiger partial charge is 0.448 e. The van der Waals surface area contributed by atoms with Crippen LogP contribution >= 0.6 is 0 Å². The predicted molar refractivity (Wildman–Crippen MR) is 114 cm³/mol. The molecule has 1 spiro atoms. The van der Waals surface area contributed by atoms with Gasteiger partial charge in [-0.15, -0.1) is 0 Å². The third-order valence-electron chi connectivity index (χ3n) is 5.94. The van der Waals surface area contributed by atoms with Gasteiger partial charge >= 0.3 is 0 Å². The number of hydrogen-bond acceptors (Lipinski definition) is 4. The molecular weight excluding hydrogens is 378 g/mol. The van der Waals surface area contributed by atoms with Crippen molar-refractivity contribution in [1.29, 1.82) is 0 Å². The summed E-state index contributed by atoms with van der Waals surface area (Å²) in [6.45, 7) is 4.43. The molecule has 0 saturated heterocycles. The lowest BCUT2D eigenvalue weighted by Gasteiger charge is -2.21. The van der Waals surface area contributed by atoms with Gasteiger partial charge in [-0.1, -0.05) is 30.3 Å². The van der Waals surface area contributed by atoms with Crippen LogP contribution in [0.4, 0.5) is 5.69 Å². The lowest BCUT2D eigenvalue weighted by Crippen LogP contribution is -2.34. The molecule has 0 bridgehead atoms. The topological polar surface area (TPSA) is 65.4 Å². The lowest BCUT2D eigenvalue weighted by atomic mass is 10.1. The number of ether oxygens (including phenoxy) is 2. The third-order valence-corrected chi connectivity index (χ3v) is 5.94. The molecule has 1 N–H and O–H groups in total. The van der Waals surface area contributed by atoms with Crippen molar-refractivity contribution in [3.63, 3.8) is 0 Å². The Morgan fingerprint density at radius 1 is 1.07 bits per heavy atom. The van der Waals surface area contributed by atoms with Crippen LogP contribution in [0.2, 0.25) is 0 Å². The molecule has 154 valence electrons. The van der Waals surface area contributed by atoms with Gasteiger partial charge < -0.3 is 14.8 Å². The van der Waals surface area contributed by atoms with E-state index in [4.69, 9.17) is 9.47 Å². The second-order valence-corrected chi connectivity index (χ2v) is 8.13. The summed E-state index contributed by atoms with van der Waals surface area (Å²) in [5.41, 5.74) is 4.00. The molecule has 2 heterocycles. The highest BCUT2D eigenvalue weighted by Crippen LogP contribution is 2.47. The number of rotatable bonds is 4. The van der Waals surface area contributed by atoms with Crippen molar-refractivity contribution in [1.82, 2.24) is 9.78 Å². The Labute approximate surface area is 175 Å². The second kappa shape index (κ2) is 7.20. The molecule has 1 saturated carbocycles. The molecule has 0 unspecified atom stereocenters. The summed E-state index contributed by atoms with van der Waals surface area (Å²) >= 11 is 0. The first-order chi connectivity index (χ1) is 14.5. The van der Waals surface area contributed by atoms with E-state index in [9.17, 15) is 4.79 Å². The number of aromatic nitrogens is 2. The fourth-order valence-corrected chi connectivity index (χ4v) is 4.42. The summed E-state index contributed by atoms with van der Waals surface area (Å²) in [6.07, 6.45) is 4.04. The number of nitrogens with zero attached hydrogens (tertiary/aromatic N) is 2. The van der Waals surface area contributed by atoms with E-state index >= 15 is 0 Å². The van der Waals surface area contributed by atoms with Gasteiger partial charge in [-0.25, -0.2) is 0 Å². The van der Waals surface area contributed by atoms with Crippen LogP contribution in [0.25, 0.3) is 0 Å². The minimum Gasteiger partial charge on any atom is -0.448 e. The fraction of sp³-hybridized carbons (Fsp3) is 0.333. The second-order valence-electron chi connectivity index (χ2n) is 8.13. The van der Waals surface area contributed by atoms with Gasteiger partial charge in [0.1, 0.15) is 0 Å². The van der Waals surface area contributed by atoms with Crippen LogP contribution in [0, 0.1) is 13.8 Å². The minimum absolute atomic E-state index is 0.168. The molecule has 0 radical (unpaired) electrons. The lowest BCUT2D eigenvalue weighted by molar-refractivity contribution is -0.0716. The number of aryl methyl sites for hydroxylation is 1. The number of fused-ring (bicyclic) bond motifs is 1. The molecule has 1 aliphatic carbocycles. The van der Waals surface area contributed by atoms with Gasteiger partial charge in [0.25, 0.3) is 11.7 Å². The third kappa shape index (κ3) is 3.32. The normalized spacial score (nSPS) is 16.2. The number of hydrogen-bond donors (Lipinski definition) is 1. The zero-order valence-electron chi connectivity index (χ0n) is 17.3. The van der Waals surface area contributed by atoms with E-state index < -0.39 is 5.79 Å². The van der Waals surface area contributed by atoms with Crippen LogP contribution in [0.3, 0.4) is 0 Å². The van der Waals surface area contributed by atoms with E-state index in [1.54, 1.807) is 0 Å². The van der Waals surface area contributed by atoms with Gasteiger partial charge in [0, 0.05) is 30.3 Å². The van der Waals surface area contributed by atoms with Gasteiger partial charge in [-0.05, 0) is 44.4 Å². The maximum atomic E-state index is 13.0. The quantitative estimate of drug-likeness (QED) is 0.677. The van der Waals surface area contributed by atoms with Gasteiger partial charge in [-0.2, -0.15) is 5.10 Å². The number of carbonyl (C=O) groups is 1. The molecule has 5 rings (SSSR count). The van der Waals surface area contributed by atoms with Crippen molar-refractivity contribution in [3.05, 3.63) is 71.0 Å². The maximum absolute atomic E-state index is 13.0. The first-order valence-electron chi connectivity index (χ1n) is 10.4. The van der Waals surface area contributed by atoms with Gasteiger partial charge in [0.05, 0.1) is 17.8 Å². The number of anilines is 1. The number of carbonyl (C=O) groups excluding carboxylic acids is 1. The molecule has 1 aromatic heterocycles. The highest BCUT2D eigenvalue weighted by Gasteiger charge is 2.44. The number of amides is 1. The molecule has 30 heavy (non-hydrogen) atoms. The zero-order chi connectivity index (χ0) is 20.7. The van der Waals surface area contributed by atoms with Crippen LogP contribution in [-0.2, 0) is 6.54 Å². The SMILES string of the molecule is Cc1nn(Cc2ccccc2)c(C)c1C(=O)Nc1ccc2c(c1)OC1(CCCC1)O2. The van der Waals surface area contributed by atoms with Gasteiger partial charge in [0.15, 0.2) is 11.5 Å². The molecule has 1 aliphatic heterocycles. The van der Waals surface area contributed by atoms with Crippen LogP contribution in [-0.4, -0.2) is 21.5 Å². The van der Waals surface area contributed by atoms with Crippen LogP contribution in [0.15, 0.2) is 48.5 Å². The molecule has 6 heteroatoms. The van der Waals surface area contributed by atoms with Crippen molar-refractivity contribution >= 4 is 11.6 Å². The summed E-state index contributed by atoms with van der Waals surface area (Å²) in [6, 6.07) is 15.7. The van der Waals surface area contributed by atoms with Gasteiger partial charge in [0.2, 0.25) is 0 Å². The monoisotopic (exact) mass is 403 g/mol. The Kier molecular flexibility index (Phi) is 4.50. The van der Waals surface area contributed by atoms with Gasteiger partial charge in [-0.3, -0.25) is 9.48 Å². The summed E-state index contributed by atoms with van der Waals surface area (Å²) < 4.78 is 14.0. The predicted octanol–water partition coefficient (Wildman–Crippen LogP) is 4.84. The standard InChI is InChI=1S/C24H25N3O3/c1-16-22(17(2)27(26-16)15-18-8-4-3-5-9-18)23(28)25-19-10-11-20-21(14-19)30-24(29-20)12-6-7-13-24/h3-5,8-11,14H,6-7,12-13,15H2,1-2H3,(H,25,28). The van der Waals surface area contributed by atoms with Crippen LogP contribution in [0.1, 0.15) is 53.0 Å². The average Bonchev–Trinajstić information content (AvgIpc) is 3.40. The van der Waals surface area contributed by atoms with Crippen LogP contribution < -0.4 is 14.8 Å². The first kappa shape index (κ1) is 18.7. The van der Waals surface area contributed by atoms with Crippen molar-refractivity contribution in [2.45, 2.75) is 51.9 Å². The van der Waals surface area contributed by atoms with E-state index in [1.807, 2.05) is 54.9 Å². The van der Waals surface area contributed by atoms with Crippen molar-refractivity contribution in [3.8, 4) is 11.5 Å². The molecule has 3 aromatic rings. The van der Waals surface area contributed by atoms with E-state index in [-0.39, 0.29) is 5.91 Å². The Balaban J connectivity index is 1.34. The summed E-state index contributed by atoms with van der Waals surface area (Å²) in [5.74, 6) is 0.774. The molecule has 2 aliphatic rings. The molecule has 1 fully saturated rings. The molecule has 1 amide bonds. The first-order valence-corrected chi connectivity index (χ1v) is 10.4. The average molecular weight is 403 g/mol. The van der Waals surface area contributed by atoms with E-state index in [0.29, 0.717) is 29.2 Å². The Bertz CT molecular complexity index is 1100. The fourth-order valence-electron chi connectivity index (χ4n) is 4.42. The molecular formula is C24H25N3O3. The highest BCUT2D eigenvalue weighted by atomic mass is 16.7. The molecule has 6 nitrogen and oxygen atoms in total. The zero-order valence-corrected chi connectivity index (χ0v) is 17.3. The van der Waals surface area contributed by atoms with E-state index in [1.165, 1.54) is 0 Å². The van der Waals surface area contributed by atoms with Crippen molar-refractivity contribution in [2.75, 3.05) is 5.32 Å². The van der Waals surface area contributed by atoms with E-state index in [0.717, 1.165) is 42.7 Å². The maximum Gasteiger partial charge on any atom is 0.259 e. The minimum atomic E-state index is -0.503. The number of benzene rings is 2. The van der Waals surface area contributed by atoms with E-state index in [2.05, 4.69) is 22.5 Å². The highest BCUT2D eigenvalue weighted by molar-refractivity contribution is 6.06. The number of nitrogens with one attached hydrogen (secondary N) is 1. The Hall–Kier alpha value is -3.28. The van der Waals surface area contributed by atoms with Crippen molar-refractivity contribution in [2.24, 2.45) is 0 Å². The van der Waals surface area contributed by atoms with Crippen molar-refractivity contribution < 1.29 is 14.3 Å². The van der Waals surface area contributed by atoms with Crippen LogP contribution in [0.5, 0.6) is 11.5 Å². The Morgan fingerprint density at radius 3 is 2.57 bits per heavy atom. The summed E-state index contributed by atoms with van der Waals surface area (Å²) in [5, 5.41) is 7.58. The molecule has 0 atom stereocenters. The summed E-state index contributed by atoms with van der Waals surface area (Å²) in [7, 11) is 0.